The van der Waals surface area contributed by atoms with Crippen molar-refractivity contribution < 1.29 is 0 Å². The van der Waals surface area contributed by atoms with Crippen molar-refractivity contribution in [2.75, 3.05) is 13.1 Å². The molecule has 1 heterocycles. The van der Waals surface area contributed by atoms with Crippen LogP contribution in [0.25, 0.3) is 0 Å². The lowest BCUT2D eigenvalue weighted by Crippen LogP contribution is -2.38. The lowest BCUT2D eigenvalue weighted by Gasteiger charge is -2.28. The van der Waals surface area contributed by atoms with E-state index >= 15 is 0 Å². The van der Waals surface area contributed by atoms with E-state index < -0.39 is 0 Å². The van der Waals surface area contributed by atoms with E-state index in [1.807, 2.05) is 0 Å². The molecule has 2 aromatic rings. The van der Waals surface area contributed by atoms with Crippen molar-refractivity contribution >= 4 is 0 Å². The zero-order valence-electron chi connectivity index (χ0n) is 12.5. The summed E-state index contributed by atoms with van der Waals surface area (Å²) in [6, 6.07) is 22.5. The first-order valence-electron chi connectivity index (χ1n) is 7.89. The van der Waals surface area contributed by atoms with Crippen LogP contribution in [-0.2, 0) is 12.8 Å². The van der Waals surface area contributed by atoms with Gasteiger partial charge in [0.2, 0.25) is 0 Å². The summed E-state index contributed by atoms with van der Waals surface area (Å²) >= 11 is 0. The van der Waals surface area contributed by atoms with E-state index in [4.69, 9.17) is 5.73 Å². The molecule has 1 saturated heterocycles. The summed E-state index contributed by atoms with van der Waals surface area (Å²) in [5, 5.41) is 0. The second-order valence-electron chi connectivity index (χ2n) is 6.08. The highest BCUT2D eigenvalue weighted by atomic mass is 15.2. The van der Waals surface area contributed by atoms with E-state index in [9.17, 15) is 0 Å². The lowest BCUT2D eigenvalue weighted by atomic mass is 9.98. The second kappa shape index (κ2) is 6.88. The Bertz CT molecular complexity index is 497. The van der Waals surface area contributed by atoms with Crippen molar-refractivity contribution in [3.05, 3.63) is 71.8 Å². The summed E-state index contributed by atoms with van der Waals surface area (Å²) in [5.41, 5.74) is 8.94. The Morgan fingerprint density at radius 3 is 1.86 bits per heavy atom. The molecular weight excluding hydrogens is 256 g/mol. The third-order valence-corrected chi connectivity index (χ3v) is 4.40. The molecule has 3 rings (SSSR count). The SMILES string of the molecule is N[C@@H]1CCN(C(Cc2ccccc2)Cc2ccccc2)C1. The molecule has 0 bridgehead atoms. The van der Waals surface area contributed by atoms with Gasteiger partial charge in [-0.2, -0.15) is 0 Å². The van der Waals surface area contributed by atoms with Gasteiger partial charge in [0.25, 0.3) is 0 Å². The Morgan fingerprint density at radius 2 is 1.43 bits per heavy atom. The minimum atomic E-state index is 0.346. The topological polar surface area (TPSA) is 29.3 Å². The highest BCUT2D eigenvalue weighted by Crippen LogP contribution is 2.19. The quantitative estimate of drug-likeness (QED) is 0.912. The molecule has 1 atom stereocenters. The van der Waals surface area contributed by atoms with Gasteiger partial charge >= 0.3 is 0 Å². The predicted octanol–water partition coefficient (Wildman–Crippen LogP) is 2.87. The van der Waals surface area contributed by atoms with Crippen molar-refractivity contribution in [2.24, 2.45) is 5.73 Å². The fraction of sp³-hybridized carbons (Fsp3) is 0.368. The molecule has 1 aliphatic rings. The third-order valence-electron chi connectivity index (χ3n) is 4.40. The molecule has 0 aromatic heterocycles. The maximum absolute atomic E-state index is 6.11. The van der Waals surface area contributed by atoms with Crippen molar-refractivity contribution in [3.63, 3.8) is 0 Å². The first kappa shape index (κ1) is 14.3. The van der Waals surface area contributed by atoms with Gasteiger partial charge in [0, 0.05) is 25.2 Å². The van der Waals surface area contributed by atoms with Crippen LogP contribution >= 0.6 is 0 Å². The Labute approximate surface area is 127 Å². The van der Waals surface area contributed by atoms with Crippen LogP contribution in [0.15, 0.2) is 60.7 Å². The van der Waals surface area contributed by atoms with E-state index in [2.05, 4.69) is 65.6 Å². The van der Waals surface area contributed by atoms with Crippen LogP contribution in [0.1, 0.15) is 17.5 Å². The Morgan fingerprint density at radius 1 is 0.905 bits per heavy atom. The number of hydrogen-bond donors (Lipinski definition) is 1. The molecule has 1 aliphatic heterocycles. The van der Waals surface area contributed by atoms with Crippen LogP contribution < -0.4 is 5.73 Å². The van der Waals surface area contributed by atoms with Gasteiger partial charge in [0.1, 0.15) is 0 Å². The van der Waals surface area contributed by atoms with E-state index in [1.54, 1.807) is 0 Å². The van der Waals surface area contributed by atoms with E-state index in [-0.39, 0.29) is 0 Å². The minimum absolute atomic E-state index is 0.346. The van der Waals surface area contributed by atoms with E-state index in [0.29, 0.717) is 12.1 Å². The molecule has 2 nitrogen and oxygen atoms in total. The third kappa shape index (κ3) is 3.93. The normalized spacial score (nSPS) is 19.2. The number of likely N-dealkylation sites (tertiary alicyclic amines) is 1. The molecule has 2 aromatic carbocycles. The van der Waals surface area contributed by atoms with Crippen molar-refractivity contribution in [2.45, 2.75) is 31.3 Å². The number of nitrogens with zero attached hydrogens (tertiary/aromatic N) is 1. The fourth-order valence-corrected chi connectivity index (χ4v) is 3.25. The van der Waals surface area contributed by atoms with Crippen molar-refractivity contribution in [1.82, 2.24) is 4.90 Å². The second-order valence-corrected chi connectivity index (χ2v) is 6.08. The fourth-order valence-electron chi connectivity index (χ4n) is 3.25. The first-order chi connectivity index (χ1) is 10.3. The number of benzene rings is 2. The zero-order valence-corrected chi connectivity index (χ0v) is 12.5. The molecule has 110 valence electrons. The monoisotopic (exact) mass is 280 g/mol. The molecule has 0 saturated carbocycles. The van der Waals surface area contributed by atoms with Gasteiger partial charge in [-0.05, 0) is 30.4 Å². The van der Waals surface area contributed by atoms with Gasteiger partial charge in [0.05, 0.1) is 0 Å². The summed E-state index contributed by atoms with van der Waals surface area (Å²) in [5.74, 6) is 0. The number of hydrogen-bond acceptors (Lipinski definition) is 2. The molecule has 0 unspecified atom stereocenters. The van der Waals surface area contributed by atoms with Crippen molar-refractivity contribution in [1.29, 1.82) is 0 Å². The van der Waals surface area contributed by atoms with E-state index in [0.717, 1.165) is 32.4 Å². The van der Waals surface area contributed by atoms with Crippen LogP contribution in [0.4, 0.5) is 0 Å². The van der Waals surface area contributed by atoms with Gasteiger partial charge in [-0.15, -0.1) is 0 Å². The van der Waals surface area contributed by atoms with Gasteiger partial charge < -0.3 is 5.73 Å². The molecule has 2 heteroatoms. The Hall–Kier alpha value is -1.64. The van der Waals surface area contributed by atoms with Crippen LogP contribution in [0.5, 0.6) is 0 Å². The Balaban J connectivity index is 1.74. The van der Waals surface area contributed by atoms with E-state index in [1.165, 1.54) is 11.1 Å². The molecule has 1 fully saturated rings. The lowest BCUT2D eigenvalue weighted by molar-refractivity contribution is 0.236. The summed E-state index contributed by atoms with van der Waals surface area (Å²) < 4.78 is 0. The van der Waals surface area contributed by atoms with Crippen LogP contribution in [-0.4, -0.2) is 30.1 Å². The van der Waals surface area contributed by atoms with Gasteiger partial charge in [0.15, 0.2) is 0 Å². The smallest absolute Gasteiger partial charge is 0.0180 e. The summed E-state index contributed by atoms with van der Waals surface area (Å²) in [6.07, 6.45) is 3.32. The van der Waals surface area contributed by atoms with Gasteiger partial charge in [-0.1, -0.05) is 60.7 Å². The largest absolute Gasteiger partial charge is 0.326 e. The molecule has 0 aliphatic carbocycles. The molecule has 0 radical (unpaired) electrons. The average molecular weight is 280 g/mol. The van der Waals surface area contributed by atoms with Crippen LogP contribution in [0.3, 0.4) is 0 Å². The maximum atomic E-state index is 6.11. The summed E-state index contributed by atoms with van der Waals surface area (Å²) in [6.45, 7) is 2.16. The summed E-state index contributed by atoms with van der Waals surface area (Å²) in [7, 11) is 0. The molecule has 21 heavy (non-hydrogen) atoms. The first-order valence-corrected chi connectivity index (χ1v) is 7.89. The predicted molar refractivity (Wildman–Crippen MR) is 88.2 cm³/mol. The minimum Gasteiger partial charge on any atom is -0.326 e. The average Bonchev–Trinajstić information content (AvgIpc) is 2.95. The summed E-state index contributed by atoms with van der Waals surface area (Å²) in [4.78, 5) is 2.57. The maximum Gasteiger partial charge on any atom is 0.0180 e. The number of rotatable bonds is 5. The van der Waals surface area contributed by atoms with Gasteiger partial charge in [-0.3, -0.25) is 4.90 Å². The van der Waals surface area contributed by atoms with Crippen LogP contribution in [0, 0.1) is 0 Å². The van der Waals surface area contributed by atoms with Gasteiger partial charge in [-0.25, -0.2) is 0 Å². The van der Waals surface area contributed by atoms with Crippen LogP contribution in [0.2, 0.25) is 0 Å². The highest BCUT2D eigenvalue weighted by Gasteiger charge is 2.26. The molecule has 0 amide bonds. The molecular formula is C19H24N2. The zero-order chi connectivity index (χ0) is 14.5. The molecule has 0 spiro atoms. The standard InChI is InChI=1S/C19H24N2/c20-18-11-12-21(15-18)19(13-16-7-3-1-4-8-16)14-17-9-5-2-6-10-17/h1-10,18-19H,11-15,20H2/t18-/m1/s1. The number of nitrogens with two attached hydrogens (primary N) is 1. The van der Waals surface area contributed by atoms with Crippen molar-refractivity contribution in [3.8, 4) is 0 Å². The highest BCUT2D eigenvalue weighted by molar-refractivity contribution is 5.20. The Kier molecular flexibility index (Phi) is 4.69. The molecule has 2 N–H and O–H groups in total.